The summed E-state index contributed by atoms with van der Waals surface area (Å²) in [5.41, 5.74) is 1.42. The number of hydrogen-bond donors (Lipinski definition) is 1. The van der Waals surface area contributed by atoms with E-state index in [1.807, 2.05) is 18.2 Å². The zero-order valence-corrected chi connectivity index (χ0v) is 10.6. The standard InChI is InChI=1S/C13H18ClNO/c1-13(5-7-15-8-6-13)11-9-10(14)3-4-12(11)16-2/h3-4,9,15H,5-8H2,1-2H3. The highest BCUT2D eigenvalue weighted by atomic mass is 35.5. The highest BCUT2D eigenvalue weighted by Crippen LogP contribution is 2.39. The van der Waals surface area contributed by atoms with Crippen molar-refractivity contribution in [2.75, 3.05) is 20.2 Å². The first-order valence-electron chi connectivity index (χ1n) is 5.70. The number of halogens is 1. The number of hydrogen-bond acceptors (Lipinski definition) is 2. The Balaban J connectivity index is 2.40. The van der Waals surface area contributed by atoms with Crippen LogP contribution in [0.5, 0.6) is 5.75 Å². The average molecular weight is 240 g/mol. The van der Waals surface area contributed by atoms with Crippen LogP contribution in [0.3, 0.4) is 0 Å². The van der Waals surface area contributed by atoms with Crippen LogP contribution >= 0.6 is 11.6 Å². The second-order valence-corrected chi connectivity index (χ2v) is 5.09. The van der Waals surface area contributed by atoms with Gasteiger partial charge in [-0.05, 0) is 49.5 Å². The summed E-state index contributed by atoms with van der Waals surface area (Å²) in [5.74, 6) is 0.953. The fourth-order valence-electron chi connectivity index (χ4n) is 2.40. The minimum absolute atomic E-state index is 0.182. The van der Waals surface area contributed by atoms with E-state index in [1.165, 1.54) is 5.56 Å². The molecule has 2 rings (SSSR count). The molecule has 0 amide bonds. The third-order valence-electron chi connectivity index (χ3n) is 3.52. The molecule has 0 aliphatic carbocycles. The van der Waals surface area contributed by atoms with Crippen LogP contribution < -0.4 is 10.1 Å². The monoisotopic (exact) mass is 239 g/mol. The van der Waals surface area contributed by atoms with Gasteiger partial charge in [-0.2, -0.15) is 0 Å². The molecule has 1 N–H and O–H groups in total. The highest BCUT2D eigenvalue weighted by Gasteiger charge is 2.31. The van der Waals surface area contributed by atoms with Crippen molar-refractivity contribution in [1.82, 2.24) is 5.32 Å². The Morgan fingerprint density at radius 2 is 2.00 bits per heavy atom. The van der Waals surface area contributed by atoms with Crippen molar-refractivity contribution in [3.05, 3.63) is 28.8 Å². The molecule has 0 unspecified atom stereocenters. The van der Waals surface area contributed by atoms with E-state index in [9.17, 15) is 0 Å². The first-order valence-corrected chi connectivity index (χ1v) is 6.08. The zero-order valence-electron chi connectivity index (χ0n) is 9.85. The summed E-state index contributed by atoms with van der Waals surface area (Å²) in [5, 5.41) is 4.18. The predicted molar refractivity (Wildman–Crippen MR) is 67.5 cm³/mol. The molecule has 0 atom stereocenters. The van der Waals surface area contributed by atoms with Crippen LogP contribution in [-0.4, -0.2) is 20.2 Å². The van der Waals surface area contributed by atoms with E-state index in [4.69, 9.17) is 16.3 Å². The minimum Gasteiger partial charge on any atom is -0.496 e. The summed E-state index contributed by atoms with van der Waals surface area (Å²) >= 11 is 6.08. The van der Waals surface area contributed by atoms with Gasteiger partial charge >= 0.3 is 0 Å². The van der Waals surface area contributed by atoms with Gasteiger partial charge in [0.05, 0.1) is 7.11 Å². The number of ether oxygens (including phenoxy) is 1. The molecule has 0 spiro atoms. The lowest BCUT2D eigenvalue weighted by Gasteiger charge is -2.35. The SMILES string of the molecule is COc1ccc(Cl)cc1C1(C)CCNCC1. The summed E-state index contributed by atoms with van der Waals surface area (Å²) in [6.07, 6.45) is 2.26. The molecular formula is C13H18ClNO. The fraction of sp³-hybridized carbons (Fsp3) is 0.538. The number of rotatable bonds is 2. The molecule has 1 heterocycles. The van der Waals surface area contributed by atoms with Crippen LogP contribution in [0.25, 0.3) is 0 Å². The van der Waals surface area contributed by atoms with E-state index < -0.39 is 0 Å². The summed E-state index contributed by atoms with van der Waals surface area (Å²) < 4.78 is 5.44. The van der Waals surface area contributed by atoms with Gasteiger partial charge in [0, 0.05) is 10.6 Å². The maximum absolute atomic E-state index is 6.08. The molecule has 1 fully saturated rings. The van der Waals surface area contributed by atoms with Crippen LogP contribution in [0.2, 0.25) is 5.02 Å². The number of methoxy groups -OCH3 is 1. The largest absolute Gasteiger partial charge is 0.496 e. The van der Waals surface area contributed by atoms with Crippen LogP contribution in [-0.2, 0) is 5.41 Å². The lowest BCUT2D eigenvalue weighted by molar-refractivity contribution is 0.317. The molecule has 1 aromatic carbocycles. The van der Waals surface area contributed by atoms with E-state index in [2.05, 4.69) is 12.2 Å². The first kappa shape index (κ1) is 11.7. The van der Waals surface area contributed by atoms with Crippen molar-refractivity contribution in [3.63, 3.8) is 0 Å². The molecule has 1 aliphatic heterocycles. The van der Waals surface area contributed by atoms with Crippen molar-refractivity contribution in [1.29, 1.82) is 0 Å². The molecule has 0 radical (unpaired) electrons. The van der Waals surface area contributed by atoms with E-state index in [0.29, 0.717) is 0 Å². The Morgan fingerprint density at radius 1 is 1.31 bits per heavy atom. The third kappa shape index (κ3) is 2.18. The van der Waals surface area contributed by atoms with E-state index in [1.54, 1.807) is 7.11 Å². The van der Waals surface area contributed by atoms with E-state index in [-0.39, 0.29) is 5.41 Å². The topological polar surface area (TPSA) is 21.3 Å². The van der Waals surface area contributed by atoms with Gasteiger partial charge < -0.3 is 10.1 Å². The van der Waals surface area contributed by atoms with E-state index in [0.717, 1.165) is 36.7 Å². The van der Waals surface area contributed by atoms with Crippen LogP contribution in [0.1, 0.15) is 25.3 Å². The van der Waals surface area contributed by atoms with Gasteiger partial charge in [-0.3, -0.25) is 0 Å². The molecule has 16 heavy (non-hydrogen) atoms. The Kier molecular flexibility index (Phi) is 3.41. The molecule has 1 saturated heterocycles. The van der Waals surface area contributed by atoms with Gasteiger partial charge in [0.15, 0.2) is 0 Å². The maximum Gasteiger partial charge on any atom is 0.122 e. The molecule has 1 aromatic rings. The van der Waals surface area contributed by atoms with Crippen molar-refractivity contribution in [2.45, 2.75) is 25.2 Å². The smallest absolute Gasteiger partial charge is 0.122 e. The van der Waals surface area contributed by atoms with Crippen molar-refractivity contribution >= 4 is 11.6 Å². The summed E-state index contributed by atoms with van der Waals surface area (Å²) in [7, 11) is 1.72. The highest BCUT2D eigenvalue weighted by molar-refractivity contribution is 6.30. The molecule has 88 valence electrons. The van der Waals surface area contributed by atoms with Crippen LogP contribution in [0, 0.1) is 0 Å². The molecule has 0 aromatic heterocycles. The predicted octanol–water partition coefficient (Wildman–Crippen LogP) is 2.99. The fourth-order valence-corrected chi connectivity index (χ4v) is 2.57. The van der Waals surface area contributed by atoms with Crippen molar-refractivity contribution in [2.24, 2.45) is 0 Å². The number of piperidine rings is 1. The van der Waals surface area contributed by atoms with E-state index >= 15 is 0 Å². The summed E-state index contributed by atoms with van der Waals surface area (Å²) in [4.78, 5) is 0. The number of benzene rings is 1. The quantitative estimate of drug-likeness (QED) is 0.857. The first-order chi connectivity index (χ1) is 7.65. The van der Waals surface area contributed by atoms with Gasteiger partial charge in [0.1, 0.15) is 5.75 Å². The van der Waals surface area contributed by atoms with Gasteiger partial charge in [0.25, 0.3) is 0 Å². The second-order valence-electron chi connectivity index (χ2n) is 4.66. The van der Waals surface area contributed by atoms with Gasteiger partial charge in [0.2, 0.25) is 0 Å². The van der Waals surface area contributed by atoms with Crippen LogP contribution in [0.4, 0.5) is 0 Å². The Bertz CT molecular complexity index is 372. The summed E-state index contributed by atoms with van der Waals surface area (Å²) in [6, 6.07) is 5.89. The normalized spacial score (nSPS) is 19.4. The Labute approximate surface area is 102 Å². The van der Waals surface area contributed by atoms with Gasteiger partial charge in [-0.25, -0.2) is 0 Å². The zero-order chi connectivity index (χ0) is 11.6. The van der Waals surface area contributed by atoms with Crippen molar-refractivity contribution < 1.29 is 4.74 Å². The summed E-state index contributed by atoms with van der Waals surface area (Å²) in [6.45, 7) is 4.42. The van der Waals surface area contributed by atoms with Gasteiger partial charge in [-0.1, -0.05) is 18.5 Å². The van der Waals surface area contributed by atoms with Gasteiger partial charge in [-0.15, -0.1) is 0 Å². The number of nitrogens with one attached hydrogen (secondary N) is 1. The van der Waals surface area contributed by atoms with Crippen molar-refractivity contribution in [3.8, 4) is 5.75 Å². The Morgan fingerprint density at radius 3 is 2.62 bits per heavy atom. The maximum atomic E-state index is 6.08. The minimum atomic E-state index is 0.182. The molecule has 3 heteroatoms. The lowest BCUT2D eigenvalue weighted by Crippen LogP contribution is -2.37. The lowest BCUT2D eigenvalue weighted by atomic mass is 9.74. The molecule has 0 saturated carbocycles. The Hall–Kier alpha value is -0.730. The average Bonchev–Trinajstić information content (AvgIpc) is 2.30. The molecule has 2 nitrogen and oxygen atoms in total. The molecule has 1 aliphatic rings. The molecule has 0 bridgehead atoms. The molecular weight excluding hydrogens is 222 g/mol. The van der Waals surface area contributed by atoms with Crippen LogP contribution in [0.15, 0.2) is 18.2 Å². The third-order valence-corrected chi connectivity index (χ3v) is 3.75. The second kappa shape index (κ2) is 4.64.